The number of aromatic nitrogens is 3. The molecule has 0 unspecified atom stereocenters. The fourth-order valence-corrected chi connectivity index (χ4v) is 2.54. The molecule has 0 N–H and O–H groups in total. The van der Waals surface area contributed by atoms with Crippen molar-refractivity contribution >= 4 is 50.1 Å². The van der Waals surface area contributed by atoms with Gasteiger partial charge in [0, 0.05) is 22.4 Å². The van der Waals surface area contributed by atoms with Crippen molar-refractivity contribution in [2.24, 2.45) is 0 Å². The lowest BCUT2D eigenvalue weighted by Gasteiger charge is -2.06. The van der Waals surface area contributed by atoms with Crippen LogP contribution in [0.1, 0.15) is 12.6 Å². The van der Waals surface area contributed by atoms with Gasteiger partial charge in [-0.05, 0) is 51.0 Å². The standard InChI is InChI=1S/C11H8BrClIN3/c1-2-8-9(14)10(13)17-11(16-8)6-3-7(12)5-15-4-6/h3-5H,2H2,1H3. The lowest BCUT2D eigenvalue weighted by Crippen LogP contribution is -1.99. The number of aryl methyl sites for hydroxylation is 1. The van der Waals surface area contributed by atoms with Gasteiger partial charge in [-0.2, -0.15) is 0 Å². The Kier molecular flexibility index (Phi) is 4.32. The van der Waals surface area contributed by atoms with E-state index >= 15 is 0 Å². The Balaban J connectivity index is 2.56. The van der Waals surface area contributed by atoms with E-state index in [1.54, 1.807) is 12.4 Å². The molecule has 0 aliphatic carbocycles. The van der Waals surface area contributed by atoms with Crippen molar-refractivity contribution in [3.05, 3.63) is 37.3 Å². The highest BCUT2D eigenvalue weighted by Gasteiger charge is 2.11. The normalized spacial score (nSPS) is 10.6. The molecule has 3 nitrogen and oxygen atoms in total. The summed E-state index contributed by atoms with van der Waals surface area (Å²) in [4.78, 5) is 12.9. The maximum atomic E-state index is 6.10. The Morgan fingerprint density at radius 3 is 2.76 bits per heavy atom. The first-order valence-electron chi connectivity index (χ1n) is 4.94. The number of hydrogen-bond acceptors (Lipinski definition) is 3. The van der Waals surface area contributed by atoms with Gasteiger partial charge < -0.3 is 0 Å². The first-order valence-corrected chi connectivity index (χ1v) is 7.19. The molecule has 2 heterocycles. The van der Waals surface area contributed by atoms with E-state index < -0.39 is 0 Å². The summed E-state index contributed by atoms with van der Waals surface area (Å²) in [5.41, 5.74) is 1.81. The monoisotopic (exact) mass is 423 g/mol. The molecule has 2 aromatic rings. The maximum Gasteiger partial charge on any atom is 0.162 e. The Labute approximate surface area is 126 Å². The van der Waals surface area contributed by atoms with Crippen LogP contribution in [-0.4, -0.2) is 15.0 Å². The summed E-state index contributed by atoms with van der Waals surface area (Å²) < 4.78 is 1.81. The molecule has 0 radical (unpaired) electrons. The first-order chi connectivity index (χ1) is 8.11. The zero-order valence-electron chi connectivity index (χ0n) is 8.91. The van der Waals surface area contributed by atoms with E-state index in [4.69, 9.17) is 11.6 Å². The lowest BCUT2D eigenvalue weighted by molar-refractivity contribution is 0.987. The number of halogens is 3. The topological polar surface area (TPSA) is 38.7 Å². The molecule has 2 aromatic heterocycles. The third-order valence-electron chi connectivity index (χ3n) is 2.18. The van der Waals surface area contributed by atoms with Gasteiger partial charge in [0.25, 0.3) is 0 Å². The Morgan fingerprint density at radius 2 is 2.12 bits per heavy atom. The van der Waals surface area contributed by atoms with Gasteiger partial charge in [0.15, 0.2) is 5.82 Å². The SMILES string of the molecule is CCc1nc(-c2cncc(Br)c2)nc(Cl)c1I. The molecule has 0 fully saturated rings. The number of pyridine rings is 1. The number of rotatable bonds is 2. The summed E-state index contributed by atoms with van der Waals surface area (Å²) in [7, 11) is 0. The second-order valence-electron chi connectivity index (χ2n) is 3.34. The zero-order chi connectivity index (χ0) is 12.4. The summed E-state index contributed by atoms with van der Waals surface area (Å²) in [6, 6.07) is 1.92. The molecule has 0 bridgehead atoms. The van der Waals surface area contributed by atoms with Crippen molar-refractivity contribution in [2.75, 3.05) is 0 Å². The summed E-state index contributed by atoms with van der Waals surface area (Å²) in [6.07, 6.45) is 4.27. The molecule has 0 saturated heterocycles. The van der Waals surface area contributed by atoms with Crippen molar-refractivity contribution in [1.82, 2.24) is 15.0 Å². The second-order valence-corrected chi connectivity index (χ2v) is 5.70. The van der Waals surface area contributed by atoms with Gasteiger partial charge >= 0.3 is 0 Å². The number of nitrogens with zero attached hydrogens (tertiary/aromatic N) is 3. The van der Waals surface area contributed by atoms with E-state index in [0.29, 0.717) is 11.0 Å². The fourth-order valence-electron chi connectivity index (χ4n) is 1.36. The molecule has 0 aromatic carbocycles. The zero-order valence-corrected chi connectivity index (χ0v) is 13.4. The average molecular weight is 424 g/mol. The van der Waals surface area contributed by atoms with E-state index in [9.17, 15) is 0 Å². The van der Waals surface area contributed by atoms with Crippen LogP contribution < -0.4 is 0 Å². The Hall–Kier alpha value is -0.270. The molecule has 17 heavy (non-hydrogen) atoms. The predicted octanol–water partition coefficient (Wildman–Crippen LogP) is 4.12. The van der Waals surface area contributed by atoms with Crippen molar-refractivity contribution < 1.29 is 0 Å². The number of hydrogen-bond donors (Lipinski definition) is 0. The third-order valence-corrected chi connectivity index (χ3v) is 4.34. The second kappa shape index (κ2) is 5.58. The van der Waals surface area contributed by atoms with Gasteiger partial charge in [0.05, 0.1) is 9.26 Å². The Morgan fingerprint density at radius 1 is 1.35 bits per heavy atom. The molecular weight excluding hydrogens is 416 g/mol. The van der Waals surface area contributed by atoms with Crippen LogP contribution in [0, 0.1) is 3.57 Å². The van der Waals surface area contributed by atoms with Crippen molar-refractivity contribution in [3.8, 4) is 11.4 Å². The van der Waals surface area contributed by atoms with Crippen LogP contribution >= 0.6 is 50.1 Å². The predicted molar refractivity (Wildman–Crippen MR) is 80.1 cm³/mol. The fraction of sp³-hybridized carbons (Fsp3) is 0.182. The largest absolute Gasteiger partial charge is 0.263 e. The molecule has 0 amide bonds. The minimum absolute atomic E-state index is 0.493. The molecule has 0 aliphatic heterocycles. The summed E-state index contributed by atoms with van der Waals surface area (Å²) in [5, 5.41) is 0.493. The lowest BCUT2D eigenvalue weighted by atomic mass is 10.2. The van der Waals surface area contributed by atoms with Gasteiger partial charge in [0.2, 0.25) is 0 Å². The van der Waals surface area contributed by atoms with Gasteiger partial charge in [-0.1, -0.05) is 18.5 Å². The van der Waals surface area contributed by atoms with E-state index in [1.807, 2.05) is 13.0 Å². The molecule has 2 rings (SSSR count). The van der Waals surface area contributed by atoms with Crippen LogP contribution in [0.3, 0.4) is 0 Å². The molecule has 88 valence electrons. The van der Waals surface area contributed by atoms with Crippen LogP contribution in [0.25, 0.3) is 11.4 Å². The summed E-state index contributed by atoms with van der Waals surface area (Å²) >= 11 is 11.6. The minimum atomic E-state index is 0.493. The van der Waals surface area contributed by atoms with E-state index in [0.717, 1.165) is 25.7 Å². The molecule has 0 saturated carbocycles. The highest BCUT2D eigenvalue weighted by atomic mass is 127. The van der Waals surface area contributed by atoms with Crippen LogP contribution in [0.4, 0.5) is 0 Å². The maximum absolute atomic E-state index is 6.10. The van der Waals surface area contributed by atoms with Crippen LogP contribution in [0.5, 0.6) is 0 Å². The molecular formula is C11H8BrClIN3. The highest BCUT2D eigenvalue weighted by Crippen LogP contribution is 2.25. The highest BCUT2D eigenvalue weighted by molar-refractivity contribution is 14.1. The van der Waals surface area contributed by atoms with Crippen LogP contribution in [0.15, 0.2) is 22.9 Å². The smallest absolute Gasteiger partial charge is 0.162 e. The molecule has 6 heteroatoms. The van der Waals surface area contributed by atoms with Crippen molar-refractivity contribution in [1.29, 1.82) is 0 Å². The quantitative estimate of drug-likeness (QED) is 0.538. The van der Waals surface area contributed by atoms with E-state index in [2.05, 4.69) is 53.5 Å². The van der Waals surface area contributed by atoms with Crippen molar-refractivity contribution in [2.45, 2.75) is 13.3 Å². The van der Waals surface area contributed by atoms with Gasteiger partial charge in [-0.15, -0.1) is 0 Å². The van der Waals surface area contributed by atoms with Crippen molar-refractivity contribution in [3.63, 3.8) is 0 Å². The van der Waals surface area contributed by atoms with Gasteiger partial charge in [-0.3, -0.25) is 4.98 Å². The third kappa shape index (κ3) is 2.95. The summed E-state index contributed by atoms with van der Waals surface area (Å²) in [6.45, 7) is 2.05. The molecule has 0 aliphatic rings. The summed E-state index contributed by atoms with van der Waals surface area (Å²) in [5.74, 6) is 0.612. The van der Waals surface area contributed by atoms with E-state index in [-0.39, 0.29) is 0 Å². The van der Waals surface area contributed by atoms with Crippen LogP contribution in [-0.2, 0) is 6.42 Å². The average Bonchev–Trinajstić information content (AvgIpc) is 2.32. The van der Waals surface area contributed by atoms with Gasteiger partial charge in [-0.25, -0.2) is 9.97 Å². The minimum Gasteiger partial charge on any atom is -0.263 e. The van der Waals surface area contributed by atoms with E-state index in [1.165, 1.54) is 0 Å². The first kappa shape index (κ1) is 13.2. The molecule has 0 atom stereocenters. The molecule has 0 spiro atoms. The van der Waals surface area contributed by atoms with Crippen LogP contribution in [0.2, 0.25) is 5.15 Å². The Bertz CT molecular complexity index is 562. The van der Waals surface area contributed by atoms with Gasteiger partial charge in [0.1, 0.15) is 5.15 Å².